The summed E-state index contributed by atoms with van der Waals surface area (Å²) in [6, 6.07) is 21.0. The zero-order valence-electron chi connectivity index (χ0n) is 19.4. The molecule has 0 spiro atoms. The molecule has 1 amide bonds. The fraction of sp³-hybridized carbons (Fsp3) is 0.393. The van der Waals surface area contributed by atoms with Gasteiger partial charge in [-0.15, -0.1) is 0 Å². The van der Waals surface area contributed by atoms with E-state index in [9.17, 15) is 4.79 Å². The molecule has 1 aromatic heterocycles. The lowest BCUT2D eigenvalue weighted by molar-refractivity contribution is 0.0383. The molecule has 1 atom stereocenters. The van der Waals surface area contributed by atoms with Gasteiger partial charge in [-0.25, -0.2) is 0 Å². The Hall–Kier alpha value is -2.89. The Morgan fingerprint density at radius 3 is 2.58 bits per heavy atom. The highest BCUT2D eigenvalue weighted by molar-refractivity contribution is 5.94. The van der Waals surface area contributed by atoms with Crippen molar-refractivity contribution in [2.45, 2.75) is 26.2 Å². The maximum atomic E-state index is 12.7. The summed E-state index contributed by atoms with van der Waals surface area (Å²) in [5.74, 6) is 0.710. The van der Waals surface area contributed by atoms with Crippen LogP contribution >= 0.6 is 0 Å². The van der Waals surface area contributed by atoms with Crippen LogP contribution in [-0.2, 0) is 17.6 Å². The molecule has 1 aliphatic heterocycles. The van der Waals surface area contributed by atoms with Gasteiger partial charge in [0, 0.05) is 43.1 Å². The molecule has 5 heteroatoms. The molecule has 0 bridgehead atoms. The van der Waals surface area contributed by atoms with Gasteiger partial charge in [-0.3, -0.25) is 9.69 Å². The monoisotopic (exact) mass is 443 g/mol. The van der Waals surface area contributed by atoms with Crippen molar-refractivity contribution >= 4 is 5.91 Å². The van der Waals surface area contributed by atoms with Crippen LogP contribution in [0.15, 0.2) is 60.7 Å². The highest BCUT2D eigenvalue weighted by atomic mass is 16.5. The molecule has 1 N–H and O–H groups in total. The lowest BCUT2D eigenvalue weighted by Crippen LogP contribution is -2.41. The van der Waals surface area contributed by atoms with Crippen molar-refractivity contribution in [3.8, 4) is 16.9 Å². The van der Waals surface area contributed by atoms with E-state index >= 15 is 0 Å². The van der Waals surface area contributed by atoms with E-state index in [0.717, 1.165) is 57.3 Å². The number of hydrogen-bond donors (Lipinski definition) is 1. The molecule has 3 aromatic rings. The van der Waals surface area contributed by atoms with E-state index in [1.807, 2.05) is 12.1 Å². The minimum absolute atomic E-state index is 0.0125. The van der Waals surface area contributed by atoms with E-state index in [1.165, 1.54) is 28.9 Å². The summed E-state index contributed by atoms with van der Waals surface area (Å²) in [6.07, 6.45) is 3.44. The first-order valence-electron chi connectivity index (χ1n) is 12.2. The second-order valence-electron chi connectivity index (χ2n) is 9.31. The second kappa shape index (κ2) is 9.94. The van der Waals surface area contributed by atoms with Crippen LogP contribution in [-0.4, -0.2) is 54.8 Å². The number of morpholine rings is 1. The lowest BCUT2D eigenvalue weighted by Gasteiger charge is -2.26. The van der Waals surface area contributed by atoms with Crippen LogP contribution in [0.1, 0.15) is 35.0 Å². The first-order valence-corrected chi connectivity index (χ1v) is 12.2. The third-order valence-electron chi connectivity index (χ3n) is 6.91. The van der Waals surface area contributed by atoms with Gasteiger partial charge >= 0.3 is 0 Å². The molecule has 172 valence electrons. The van der Waals surface area contributed by atoms with E-state index < -0.39 is 0 Å². The summed E-state index contributed by atoms with van der Waals surface area (Å²) in [7, 11) is 0. The Kier molecular flexibility index (Phi) is 6.60. The van der Waals surface area contributed by atoms with Gasteiger partial charge in [-0.1, -0.05) is 37.3 Å². The molecule has 0 unspecified atom stereocenters. The third-order valence-corrected chi connectivity index (χ3v) is 6.91. The molecular formula is C28H33N3O2. The first-order chi connectivity index (χ1) is 16.2. The number of ether oxygens (including phenoxy) is 1. The molecule has 0 saturated carbocycles. The van der Waals surface area contributed by atoms with Crippen LogP contribution in [0.4, 0.5) is 0 Å². The fourth-order valence-electron chi connectivity index (χ4n) is 5.04. The molecule has 2 aliphatic rings. The predicted octanol–water partition coefficient (Wildman–Crippen LogP) is 4.33. The molecule has 0 radical (unpaired) electrons. The average Bonchev–Trinajstić information content (AvgIpc) is 3.24. The van der Waals surface area contributed by atoms with Crippen molar-refractivity contribution < 1.29 is 9.53 Å². The van der Waals surface area contributed by atoms with Crippen molar-refractivity contribution in [1.82, 2.24) is 14.8 Å². The van der Waals surface area contributed by atoms with Gasteiger partial charge in [0.1, 0.15) is 0 Å². The number of amides is 1. The van der Waals surface area contributed by atoms with Gasteiger partial charge in [0.25, 0.3) is 5.91 Å². The first kappa shape index (κ1) is 21.9. The van der Waals surface area contributed by atoms with E-state index in [-0.39, 0.29) is 5.91 Å². The number of benzene rings is 2. The number of rotatable bonds is 6. The topological polar surface area (TPSA) is 46.5 Å². The van der Waals surface area contributed by atoms with Crippen LogP contribution in [0.5, 0.6) is 0 Å². The number of nitrogens with zero attached hydrogens (tertiary/aromatic N) is 2. The van der Waals surface area contributed by atoms with Gasteiger partial charge in [0.05, 0.1) is 18.9 Å². The number of hydrogen-bond acceptors (Lipinski definition) is 3. The molecular weight excluding hydrogens is 410 g/mol. The van der Waals surface area contributed by atoms with Gasteiger partial charge < -0.3 is 14.6 Å². The quantitative estimate of drug-likeness (QED) is 0.617. The van der Waals surface area contributed by atoms with Crippen molar-refractivity contribution in [2.24, 2.45) is 5.92 Å². The lowest BCUT2D eigenvalue weighted by atomic mass is 9.89. The summed E-state index contributed by atoms with van der Waals surface area (Å²) in [5, 5.41) is 3.06. The minimum atomic E-state index is -0.0125. The fourth-order valence-corrected chi connectivity index (χ4v) is 5.04. The third kappa shape index (κ3) is 4.90. The SMILES string of the molecule is C[C@H]1CCc2c(cc(-c3ccccc3)n2-c2ccc(C(=O)NCCN3CCOCC3)cc2)C1. The van der Waals surface area contributed by atoms with Crippen molar-refractivity contribution in [1.29, 1.82) is 0 Å². The average molecular weight is 444 g/mol. The number of aromatic nitrogens is 1. The highest BCUT2D eigenvalue weighted by Crippen LogP contribution is 2.35. The number of fused-ring (bicyclic) bond motifs is 1. The molecule has 1 fully saturated rings. The summed E-state index contributed by atoms with van der Waals surface area (Å²) in [4.78, 5) is 15.0. The standard InChI is InChI=1S/C28H33N3O2/c1-21-7-12-26-24(19-21)20-27(22-5-3-2-4-6-22)31(26)25-10-8-23(9-11-25)28(32)29-13-14-30-15-17-33-18-16-30/h2-6,8-11,20-21H,7,12-19H2,1H3,(H,29,32)/t21-/m0/s1. The summed E-state index contributed by atoms with van der Waals surface area (Å²) in [6.45, 7) is 7.30. The number of carbonyl (C=O) groups is 1. The Balaban J connectivity index is 1.35. The molecule has 1 saturated heterocycles. The second-order valence-corrected chi connectivity index (χ2v) is 9.31. The van der Waals surface area contributed by atoms with Gasteiger partial charge in [-0.05, 0) is 66.6 Å². The minimum Gasteiger partial charge on any atom is -0.379 e. The zero-order chi connectivity index (χ0) is 22.6. The van der Waals surface area contributed by atoms with Crippen LogP contribution in [0, 0.1) is 5.92 Å². The zero-order valence-corrected chi connectivity index (χ0v) is 19.4. The Morgan fingerprint density at radius 2 is 1.82 bits per heavy atom. The predicted molar refractivity (Wildman–Crippen MR) is 132 cm³/mol. The Morgan fingerprint density at radius 1 is 1.06 bits per heavy atom. The van der Waals surface area contributed by atoms with Crippen LogP contribution < -0.4 is 5.32 Å². The number of carbonyl (C=O) groups excluding carboxylic acids is 1. The van der Waals surface area contributed by atoms with Gasteiger partial charge in [0.2, 0.25) is 0 Å². The summed E-state index contributed by atoms with van der Waals surface area (Å²) >= 11 is 0. The molecule has 33 heavy (non-hydrogen) atoms. The summed E-state index contributed by atoms with van der Waals surface area (Å²) in [5.41, 5.74) is 7.15. The maximum Gasteiger partial charge on any atom is 0.251 e. The van der Waals surface area contributed by atoms with Crippen molar-refractivity contribution in [3.63, 3.8) is 0 Å². The summed E-state index contributed by atoms with van der Waals surface area (Å²) < 4.78 is 7.78. The smallest absolute Gasteiger partial charge is 0.251 e. The molecule has 2 heterocycles. The van der Waals surface area contributed by atoms with Crippen LogP contribution in [0.25, 0.3) is 16.9 Å². The highest BCUT2D eigenvalue weighted by Gasteiger charge is 2.23. The van der Waals surface area contributed by atoms with Gasteiger partial charge in [0.15, 0.2) is 0 Å². The normalized spacial score (nSPS) is 18.6. The molecule has 2 aromatic carbocycles. The van der Waals surface area contributed by atoms with Crippen molar-refractivity contribution in [2.75, 3.05) is 39.4 Å². The maximum absolute atomic E-state index is 12.7. The van der Waals surface area contributed by atoms with Crippen molar-refractivity contribution in [3.05, 3.63) is 77.5 Å². The number of nitrogens with one attached hydrogen (secondary N) is 1. The van der Waals surface area contributed by atoms with E-state index in [4.69, 9.17) is 4.74 Å². The molecule has 5 nitrogen and oxygen atoms in total. The van der Waals surface area contributed by atoms with E-state index in [1.54, 1.807) is 0 Å². The van der Waals surface area contributed by atoms with Crippen LogP contribution in [0.2, 0.25) is 0 Å². The molecule has 1 aliphatic carbocycles. The Labute approximate surface area is 196 Å². The van der Waals surface area contributed by atoms with E-state index in [2.05, 4.69) is 70.2 Å². The van der Waals surface area contributed by atoms with Gasteiger partial charge in [-0.2, -0.15) is 0 Å². The largest absolute Gasteiger partial charge is 0.379 e. The van der Waals surface area contributed by atoms with Crippen LogP contribution in [0.3, 0.4) is 0 Å². The Bertz CT molecular complexity index is 1080. The molecule has 5 rings (SSSR count). The van der Waals surface area contributed by atoms with E-state index in [0.29, 0.717) is 12.1 Å².